The lowest BCUT2D eigenvalue weighted by Gasteiger charge is -2.16. The van der Waals surface area contributed by atoms with Crippen molar-refractivity contribution in [3.63, 3.8) is 0 Å². The van der Waals surface area contributed by atoms with Crippen molar-refractivity contribution >= 4 is 29.1 Å². The van der Waals surface area contributed by atoms with E-state index in [1.165, 1.54) is 23.6 Å². The number of rotatable bonds is 5. The van der Waals surface area contributed by atoms with Crippen LogP contribution in [0.5, 0.6) is 0 Å². The standard InChI is InChI=1S/C20H23NO2S/c1-12-10-13(2)19(14(3)11-12)24-16(5)20(23)21-18-8-6-17(7-9-18)15(4)22/h6-11,16H,1-5H3,(H,21,23)/t16-/m0/s1. The van der Waals surface area contributed by atoms with E-state index in [1.54, 1.807) is 36.0 Å². The number of anilines is 1. The van der Waals surface area contributed by atoms with Gasteiger partial charge in [-0.1, -0.05) is 17.7 Å². The van der Waals surface area contributed by atoms with Gasteiger partial charge in [-0.25, -0.2) is 0 Å². The van der Waals surface area contributed by atoms with Crippen LogP contribution in [0.4, 0.5) is 5.69 Å². The van der Waals surface area contributed by atoms with E-state index in [9.17, 15) is 9.59 Å². The van der Waals surface area contributed by atoms with Crippen LogP contribution in [0.25, 0.3) is 0 Å². The first-order valence-corrected chi connectivity index (χ1v) is 8.82. The van der Waals surface area contributed by atoms with E-state index in [4.69, 9.17) is 0 Å². The molecule has 3 nitrogen and oxygen atoms in total. The molecule has 1 atom stereocenters. The lowest BCUT2D eigenvalue weighted by Crippen LogP contribution is -2.22. The number of aryl methyl sites for hydroxylation is 3. The molecular formula is C20H23NO2S. The Morgan fingerprint density at radius 1 is 1.00 bits per heavy atom. The Hall–Kier alpha value is -2.07. The molecule has 0 fully saturated rings. The third-order valence-corrected chi connectivity index (χ3v) is 5.27. The maximum atomic E-state index is 12.4. The zero-order chi connectivity index (χ0) is 17.9. The van der Waals surface area contributed by atoms with E-state index in [0.717, 1.165) is 4.90 Å². The highest BCUT2D eigenvalue weighted by Crippen LogP contribution is 2.31. The predicted octanol–water partition coefficient (Wildman–Crippen LogP) is 4.93. The number of amides is 1. The Bertz CT molecular complexity index is 743. The second kappa shape index (κ2) is 7.67. The number of carbonyl (C=O) groups excluding carboxylic acids is 2. The first-order valence-electron chi connectivity index (χ1n) is 7.94. The summed E-state index contributed by atoms with van der Waals surface area (Å²) in [5.74, 6) is -0.0305. The molecule has 2 aromatic rings. The molecule has 0 aliphatic rings. The van der Waals surface area contributed by atoms with Crippen LogP contribution in [0.15, 0.2) is 41.3 Å². The Balaban J connectivity index is 2.06. The maximum Gasteiger partial charge on any atom is 0.237 e. The average Bonchev–Trinajstić information content (AvgIpc) is 2.51. The van der Waals surface area contributed by atoms with Gasteiger partial charge in [0.15, 0.2) is 5.78 Å². The Kier molecular flexibility index (Phi) is 5.84. The van der Waals surface area contributed by atoms with Crippen molar-refractivity contribution < 1.29 is 9.59 Å². The molecule has 4 heteroatoms. The van der Waals surface area contributed by atoms with Gasteiger partial charge in [0.1, 0.15) is 0 Å². The van der Waals surface area contributed by atoms with Crippen LogP contribution in [0.3, 0.4) is 0 Å². The number of benzene rings is 2. The van der Waals surface area contributed by atoms with Gasteiger partial charge in [0.2, 0.25) is 5.91 Å². The molecule has 0 unspecified atom stereocenters. The first-order chi connectivity index (χ1) is 11.3. The summed E-state index contributed by atoms with van der Waals surface area (Å²) >= 11 is 1.57. The lowest BCUT2D eigenvalue weighted by molar-refractivity contribution is -0.115. The van der Waals surface area contributed by atoms with Gasteiger partial charge in [-0.05, 0) is 70.0 Å². The number of hydrogen-bond donors (Lipinski definition) is 1. The van der Waals surface area contributed by atoms with Crippen LogP contribution >= 0.6 is 11.8 Å². The summed E-state index contributed by atoms with van der Waals surface area (Å²) in [4.78, 5) is 24.9. The van der Waals surface area contributed by atoms with Crippen LogP contribution in [0.1, 0.15) is 40.9 Å². The number of ketones is 1. The highest BCUT2D eigenvalue weighted by Gasteiger charge is 2.17. The predicted molar refractivity (Wildman–Crippen MR) is 101 cm³/mol. The Morgan fingerprint density at radius 2 is 1.54 bits per heavy atom. The zero-order valence-electron chi connectivity index (χ0n) is 14.8. The summed E-state index contributed by atoms with van der Waals surface area (Å²) in [5.41, 5.74) is 4.97. The summed E-state index contributed by atoms with van der Waals surface area (Å²) in [5, 5.41) is 2.70. The molecule has 1 N–H and O–H groups in total. The summed E-state index contributed by atoms with van der Waals surface area (Å²) in [7, 11) is 0. The number of thioether (sulfide) groups is 1. The molecule has 126 valence electrons. The van der Waals surface area contributed by atoms with Crippen LogP contribution in [0.2, 0.25) is 0 Å². The molecule has 0 saturated heterocycles. The van der Waals surface area contributed by atoms with Crippen molar-refractivity contribution in [2.75, 3.05) is 5.32 Å². The zero-order valence-corrected chi connectivity index (χ0v) is 15.6. The fourth-order valence-corrected chi connectivity index (χ4v) is 3.62. The fraction of sp³-hybridized carbons (Fsp3) is 0.300. The van der Waals surface area contributed by atoms with Crippen molar-refractivity contribution in [3.8, 4) is 0 Å². The molecule has 0 heterocycles. The second-order valence-corrected chi connectivity index (χ2v) is 7.46. The SMILES string of the molecule is CC(=O)c1ccc(NC(=O)[C@H](C)Sc2c(C)cc(C)cc2C)cc1. The fourth-order valence-electron chi connectivity index (χ4n) is 2.62. The van der Waals surface area contributed by atoms with Crippen molar-refractivity contribution in [2.24, 2.45) is 0 Å². The van der Waals surface area contributed by atoms with Crippen molar-refractivity contribution in [3.05, 3.63) is 58.7 Å². The van der Waals surface area contributed by atoms with E-state index < -0.39 is 0 Å². The van der Waals surface area contributed by atoms with Gasteiger partial charge in [-0.2, -0.15) is 0 Å². The van der Waals surface area contributed by atoms with E-state index in [1.807, 2.05) is 6.92 Å². The van der Waals surface area contributed by atoms with Gasteiger partial charge in [0.25, 0.3) is 0 Å². The molecule has 0 aromatic heterocycles. The highest BCUT2D eigenvalue weighted by molar-refractivity contribution is 8.00. The van der Waals surface area contributed by atoms with Gasteiger partial charge in [0.05, 0.1) is 5.25 Å². The van der Waals surface area contributed by atoms with Gasteiger partial charge < -0.3 is 5.32 Å². The van der Waals surface area contributed by atoms with Gasteiger partial charge in [0, 0.05) is 16.1 Å². The highest BCUT2D eigenvalue weighted by atomic mass is 32.2. The number of hydrogen-bond acceptors (Lipinski definition) is 3. The Morgan fingerprint density at radius 3 is 2.04 bits per heavy atom. The molecule has 24 heavy (non-hydrogen) atoms. The molecule has 0 saturated carbocycles. The second-order valence-electron chi connectivity index (χ2n) is 6.11. The molecule has 2 aromatic carbocycles. The van der Waals surface area contributed by atoms with E-state index >= 15 is 0 Å². The van der Waals surface area contributed by atoms with Crippen LogP contribution in [0, 0.1) is 20.8 Å². The normalized spacial score (nSPS) is 11.9. The first kappa shape index (κ1) is 18.3. The molecule has 2 rings (SSSR count). The monoisotopic (exact) mass is 341 g/mol. The number of nitrogens with one attached hydrogen (secondary N) is 1. The minimum atomic E-state index is -0.211. The molecule has 0 aliphatic carbocycles. The molecule has 0 aliphatic heterocycles. The maximum absolute atomic E-state index is 12.4. The summed E-state index contributed by atoms with van der Waals surface area (Å²) in [6, 6.07) is 11.2. The van der Waals surface area contributed by atoms with Crippen LogP contribution in [-0.4, -0.2) is 16.9 Å². The summed E-state index contributed by atoms with van der Waals surface area (Å²) < 4.78 is 0. The smallest absolute Gasteiger partial charge is 0.237 e. The lowest BCUT2D eigenvalue weighted by atomic mass is 10.1. The quantitative estimate of drug-likeness (QED) is 0.619. The van der Waals surface area contributed by atoms with Crippen LogP contribution < -0.4 is 5.32 Å². The topological polar surface area (TPSA) is 46.2 Å². The van der Waals surface area contributed by atoms with E-state index in [2.05, 4.69) is 38.2 Å². The molecule has 0 bridgehead atoms. The van der Waals surface area contributed by atoms with Gasteiger partial charge >= 0.3 is 0 Å². The molecule has 0 radical (unpaired) electrons. The van der Waals surface area contributed by atoms with Gasteiger partial charge in [-0.15, -0.1) is 11.8 Å². The van der Waals surface area contributed by atoms with Crippen molar-refractivity contribution in [2.45, 2.75) is 44.8 Å². The third-order valence-electron chi connectivity index (χ3n) is 3.83. The molecule has 0 spiro atoms. The minimum Gasteiger partial charge on any atom is -0.325 e. The summed E-state index contributed by atoms with van der Waals surface area (Å²) in [6.45, 7) is 9.66. The molecule has 1 amide bonds. The van der Waals surface area contributed by atoms with Crippen molar-refractivity contribution in [1.82, 2.24) is 0 Å². The van der Waals surface area contributed by atoms with E-state index in [0.29, 0.717) is 11.3 Å². The number of Topliss-reactive ketones (excluding diaryl/α,β-unsaturated/α-hetero) is 1. The largest absolute Gasteiger partial charge is 0.325 e. The molecular weight excluding hydrogens is 318 g/mol. The van der Waals surface area contributed by atoms with Gasteiger partial charge in [-0.3, -0.25) is 9.59 Å². The van der Waals surface area contributed by atoms with E-state index in [-0.39, 0.29) is 16.9 Å². The number of carbonyl (C=O) groups is 2. The average molecular weight is 341 g/mol. The minimum absolute atomic E-state index is 0.0159. The third kappa shape index (κ3) is 4.48. The van der Waals surface area contributed by atoms with Crippen LogP contribution in [-0.2, 0) is 4.79 Å². The summed E-state index contributed by atoms with van der Waals surface area (Å²) in [6.07, 6.45) is 0. The Labute approximate surface area is 147 Å². The van der Waals surface area contributed by atoms with Crippen molar-refractivity contribution in [1.29, 1.82) is 0 Å².